The van der Waals surface area contributed by atoms with Crippen molar-refractivity contribution in [3.8, 4) is 0 Å². The van der Waals surface area contributed by atoms with E-state index in [9.17, 15) is 19.2 Å². The van der Waals surface area contributed by atoms with Crippen molar-refractivity contribution in [3.63, 3.8) is 0 Å². The van der Waals surface area contributed by atoms with Gasteiger partial charge in [0.05, 0.1) is 17.8 Å². The maximum atomic E-state index is 12.9. The predicted molar refractivity (Wildman–Crippen MR) is 101 cm³/mol. The molecule has 2 saturated carbocycles. The van der Waals surface area contributed by atoms with E-state index >= 15 is 0 Å². The fraction of sp³-hybridized carbons (Fsp3) is 0.727. The Morgan fingerprint density at radius 1 is 1.00 bits per heavy atom. The molecule has 152 valence electrons. The third-order valence-corrected chi connectivity index (χ3v) is 7.08. The van der Waals surface area contributed by atoms with Crippen LogP contribution in [-0.4, -0.2) is 41.1 Å². The normalized spacial score (nSPS) is 36.8. The molecule has 0 aromatic carbocycles. The molecule has 0 unspecified atom stereocenters. The molecule has 3 fully saturated rings. The van der Waals surface area contributed by atoms with Crippen LogP contribution in [0.2, 0.25) is 0 Å². The number of imide groups is 1. The van der Waals surface area contributed by atoms with Crippen molar-refractivity contribution in [2.75, 3.05) is 6.61 Å². The Balaban J connectivity index is 1.31. The zero-order valence-corrected chi connectivity index (χ0v) is 16.8. The lowest BCUT2D eigenvalue weighted by atomic mass is 9.85. The standard InChI is InChI=1S/C22H29NO5/c1-22(2,3)16(24)11-28-21(27)12-6-8-15(9-7-12)23-19(25)17-13-4-5-14(10-13)18(17)20(23)26/h4-5,12-15,17-18H,6-11H2,1-3H3/t12?,13-,14-,15?,17-,18+/m0/s1. The van der Waals surface area contributed by atoms with Crippen LogP contribution in [0.5, 0.6) is 0 Å². The first-order valence-electron chi connectivity index (χ1n) is 10.4. The Labute approximate surface area is 165 Å². The molecular weight excluding hydrogens is 358 g/mol. The van der Waals surface area contributed by atoms with Gasteiger partial charge in [0, 0.05) is 11.5 Å². The lowest BCUT2D eigenvalue weighted by Gasteiger charge is -2.33. The van der Waals surface area contributed by atoms with Crippen LogP contribution in [0.1, 0.15) is 52.9 Å². The molecule has 6 heteroatoms. The number of hydrogen-bond donors (Lipinski definition) is 0. The molecule has 2 bridgehead atoms. The molecule has 1 aliphatic heterocycles. The van der Waals surface area contributed by atoms with Gasteiger partial charge >= 0.3 is 5.97 Å². The van der Waals surface area contributed by atoms with Crippen molar-refractivity contribution in [3.05, 3.63) is 12.2 Å². The second-order valence-corrected chi connectivity index (χ2v) is 9.83. The quantitative estimate of drug-likeness (QED) is 0.421. The van der Waals surface area contributed by atoms with Crippen LogP contribution in [0.4, 0.5) is 0 Å². The average Bonchev–Trinajstić information content (AvgIpc) is 3.32. The molecule has 1 heterocycles. The lowest BCUT2D eigenvalue weighted by Crippen LogP contribution is -2.44. The van der Waals surface area contributed by atoms with Gasteiger partial charge in [-0.3, -0.25) is 24.1 Å². The number of ketones is 1. The predicted octanol–water partition coefficient (Wildman–Crippen LogP) is 2.51. The van der Waals surface area contributed by atoms with Crippen LogP contribution in [0.3, 0.4) is 0 Å². The largest absolute Gasteiger partial charge is 0.457 e. The monoisotopic (exact) mass is 387 g/mol. The molecule has 0 N–H and O–H groups in total. The third-order valence-electron chi connectivity index (χ3n) is 7.08. The van der Waals surface area contributed by atoms with Crippen LogP contribution in [0.25, 0.3) is 0 Å². The number of rotatable bonds is 4. The number of nitrogens with zero attached hydrogens (tertiary/aromatic N) is 1. The van der Waals surface area contributed by atoms with Crippen molar-refractivity contribution in [2.24, 2.45) is 35.0 Å². The number of esters is 1. The second-order valence-electron chi connectivity index (χ2n) is 9.83. The Hall–Kier alpha value is -1.98. The van der Waals surface area contributed by atoms with Crippen molar-refractivity contribution >= 4 is 23.6 Å². The van der Waals surface area contributed by atoms with Crippen molar-refractivity contribution in [2.45, 2.75) is 58.9 Å². The Bertz CT molecular complexity index is 711. The molecule has 0 spiro atoms. The van der Waals surface area contributed by atoms with Gasteiger partial charge in [0.2, 0.25) is 11.8 Å². The van der Waals surface area contributed by atoms with E-state index in [1.807, 2.05) is 0 Å². The van der Waals surface area contributed by atoms with E-state index < -0.39 is 5.41 Å². The molecule has 6 nitrogen and oxygen atoms in total. The number of allylic oxidation sites excluding steroid dienone is 2. The fourth-order valence-corrected chi connectivity index (χ4v) is 5.33. The summed E-state index contributed by atoms with van der Waals surface area (Å²) in [5.74, 6) is -0.572. The SMILES string of the molecule is CC(C)(C)C(=O)COC(=O)C1CCC(N2C(=O)[C@@H]3[C@H](C2=O)[C@H]2C=C[C@H]3C2)CC1. The molecule has 4 atom stereocenters. The summed E-state index contributed by atoms with van der Waals surface area (Å²) in [7, 11) is 0. The number of Topliss-reactive ketones (excluding diaryl/α,β-unsaturated/α-hetero) is 1. The first kappa shape index (κ1) is 19.3. The Morgan fingerprint density at radius 3 is 2.04 bits per heavy atom. The molecule has 0 aromatic heterocycles. The van der Waals surface area contributed by atoms with Gasteiger partial charge in [0.1, 0.15) is 0 Å². The highest BCUT2D eigenvalue weighted by Crippen LogP contribution is 2.53. The van der Waals surface area contributed by atoms with Gasteiger partial charge in [-0.2, -0.15) is 0 Å². The maximum absolute atomic E-state index is 12.9. The van der Waals surface area contributed by atoms with E-state index in [1.54, 1.807) is 20.8 Å². The van der Waals surface area contributed by atoms with E-state index in [0.29, 0.717) is 25.7 Å². The number of fused-ring (bicyclic) bond motifs is 5. The van der Waals surface area contributed by atoms with Gasteiger partial charge < -0.3 is 4.74 Å². The van der Waals surface area contributed by atoms with Gasteiger partial charge in [-0.1, -0.05) is 32.9 Å². The Morgan fingerprint density at radius 2 is 1.54 bits per heavy atom. The molecule has 1 saturated heterocycles. The van der Waals surface area contributed by atoms with E-state index in [1.165, 1.54) is 4.90 Å². The molecule has 28 heavy (non-hydrogen) atoms. The highest BCUT2D eigenvalue weighted by Gasteiger charge is 2.60. The summed E-state index contributed by atoms with van der Waals surface area (Å²) < 4.78 is 5.23. The number of amides is 2. The molecule has 0 aromatic rings. The van der Waals surface area contributed by atoms with Crippen LogP contribution >= 0.6 is 0 Å². The number of ether oxygens (including phenoxy) is 1. The number of carbonyl (C=O) groups excluding carboxylic acids is 4. The number of carbonyl (C=O) groups is 4. The van der Waals surface area contributed by atoms with Gasteiger partial charge in [0.25, 0.3) is 0 Å². The van der Waals surface area contributed by atoms with Crippen molar-refractivity contribution in [1.29, 1.82) is 0 Å². The van der Waals surface area contributed by atoms with Gasteiger partial charge in [0.15, 0.2) is 12.4 Å². The smallest absolute Gasteiger partial charge is 0.309 e. The topological polar surface area (TPSA) is 80.8 Å². The molecule has 0 radical (unpaired) electrons. The summed E-state index contributed by atoms with van der Waals surface area (Å²) in [6, 6.07) is -0.106. The Kier molecular flexibility index (Phi) is 4.71. The van der Waals surface area contributed by atoms with Crippen molar-refractivity contribution < 1.29 is 23.9 Å². The highest BCUT2D eigenvalue weighted by atomic mass is 16.5. The number of likely N-dealkylation sites (tertiary alicyclic amines) is 1. The first-order chi connectivity index (χ1) is 13.2. The zero-order valence-electron chi connectivity index (χ0n) is 16.8. The third kappa shape index (κ3) is 3.11. The van der Waals surface area contributed by atoms with Crippen LogP contribution in [-0.2, 0) is 23.9 Å². The maximum Gasteiger partial charge on any atom is 0.309 e. The van der Waals surface area contributed by atoms with Crippen LogP contribution in [0, 0.1) is 35.0 Å². The van der Waals surface area contributed by atoms with E-state index in [2.05, 4.69) is 12.2 Å². The van der Waals surface area contributed by atoms with Gasteiger partial charge in [-0.25, -0.2) is 0 Å². The summed E-state index contributed by atoms with van der Waals surface area (Å²) in [6.45, 7) is 5.21. The zero-order chi connectivity index (χ0) is 20.2. The van der Waals surface area contributed by atoms with E-state index in [-0.39, 0.29) is 65.8 Å². The molecule has 4 rings (SSSR count). The van der Waals surface area contributed by atoms with Crippen LogP contribution in [0.15, 0.2) is 12.2 Å². The summed E-state index contributed by atoms with van der Waals surface area (Å²) >= 11 is 0. The molecular formula is C22H29NO5. The minimum Gasteiger partial charge on any atom is -0.457 e. The van der Waals surface area contributed by atoms with Crippen molar-refractivity contribution in [1.82, 2.24) is 4.90 Å². The second kappa shape index (κ2) is 6.82. The van der Waals surface area contributed by atoms with E-state index in [0.717, 1.165) is 6.42 Å². The lowest BCUT2D eigenvalue weighted by molar-refractivity contribution is -0.155. The van der Waals surface area contributed by atoms with Gasteiger partial charge in [-0.15, -0.1) is 0 Å². The highest BCUT2D eigenvalue weighted by molar-refractivity contribution is 6.06. The minimum absolute atomic E-state index is 0.00588. The summed E-state index contributed by atoms with van der Waals surface area (Å²) in [4.78, 5) is 51.6. The summed E-state index contributed by atoms with van der Waals surface area (Å²) in [5, 5.41) is 0. The van der Waals surface area contributed by atoms with E-state index in [4.69, 9.17) is 4.74 Å². The average molecular weight is 387 g/mol. The minimum atomic E-state index is -0.527. The number of hydrogen-bond acceptors (Lipinski definition) is 5. The molecule has 2 amide bonds. The summed E-state index contributed by atoms with van der Waals surface area (Å²) in [6.07, 6.45) is 7.58. The summed E-state index contributed by atoms with van der Waals surface area (Å²) in [5.41, 5.74) is -0.527. The van der Waals surface area contributed by atoms with Gasteiger partial charge in [-0.05, 0) is 43.9 Å². The molecule has 4 aliphatic rings. The fourth-order valence-electron chi connectivity index (χ4n) is 5.33. The first-order valence-corrected chi connectivity index (χ1v) is 10.4. The van der Waals surface area contributed by atoms with Crippen LogP contribution < -0.4 is 0 Å². The molecule has 3 aliphatic carbocycles.